The third kappa shape index (κ3) is 3.41. The van der Waals surface area contributed by atoms with Crippen LogP contribution >= 0.6 is 11.3 Å². The zero-order valence-electron chi connectivity index (χ0n) is 17.1. The first kappa shape index (κ1) is 19.3. The van der Waals surface area contributed by atoms with Crippen molar-refractivity contribution in [2.75, 3.05) is 27.2 Å². The summed E-state index contributed by atoms with van der Waals surface area (Å²) in [5.41, 5.74) is 7.17. The minimum atomic E-state index is 0.257. The summed E-state index contributed by atoms with van der Waals surface area (Å²) in [5.74, 6) is 0. The standard InChI is InChI=1S/C22H28N4OS/c1-15-18(13-27)10-20-9-17(21-11-23-14-28-21)12-26(20)22(15)16(2)25-7-5-19(6-8-25)24(3)4/h9-14,16,19H,5-8H2,1-4H3. The number of piperidine rings is 1. The average Bonchev–Trinajstić information content (AvgIpc) is 3.36. The van der Waals surface area contributed by atoms with Crippen LogP contribution in [-0.2, 0) is 0 Å². The van der Waals surface area contributed by atoms with Crippen LogP contribution in [0.2, 0.25) is 0 Å². The fourth-order valence-electron chi connectivity index (χ4n) is 4.49. The van der Waals surface area contributed by atoms with Gasteiger partial charge in [-0.25, -0.2) is 0 Å². The number of hydrogen-bond donors (Lipinski definition) is 0. The van der Waals surface area contributed by atoms with Gasteiger partial charge in [0.25, 0.3) is 0 Å². The number of rotatable bonds is 5. The molecule has 4 heterocycles. The predicted octanol–water partition coefficient (Wildman–Crippen LogP) is 4.27. The van der Waals surface area contributed by atoms with Crippen molar-refractivity contribution in [1.82, 2.24) is 19.2 Å². The Bertz CT molecular complexity index is 968. The number of pyridine rings is 1. The lowest BCUT2D eigenvalue weighted by Gasteiger charge is -2.39. The number of likely N-dealkylation sites (tertiary alicyclic amines) is 1. The molecule has 0 aliphatic carbocycles. The van der Waals surface area contributed by atoms with E-state index in [1.165, 1.54) is 18.5 Å². The second-order valence-electron chi connectivity index (χ2n) is 8.02. The molecule has 148 valence electrons. The first-order valence-electron chi connectivity index (χ1n) is 9.89. The van der Waals surface area contributed by atoms with Crippen LogP contribution in [-0.4, -0.2) is 58.7 Å². The van der Waals surface area contributed by atoms with E-state index < -0.39 is 0 Å². The van der Waals surface area contributed by atoms with Gasteiger partial charge in [-0.05, 0) is 58.5 Å². The van der Waals surface area contributed by atoms with Crippen LogP contribution < -0.4 is 0 Å². The summed E-state index contributed by atoms with van der Waals surface area (Å²) >= 11 is 1.64. The lowest BCUT2D eigenvalue weighted by atomic mass is 9.98. The Labute approximate surface area is 170 Å². The van der Waals surface area contributed by atoms with Gasteiger partial charge in [-0.1, -0.05) is 0 Å². The lowest BCUT2D eigenvalue weighted by molar-refractivity contribution is 0.111. The molecule has 0 spiro atoms. The molecule has 1 saturated heterocycles. The Morgan fingerprint density at radius 2 is 2.04 bits per heavy atom. The van der Waals surface area contributed by atoms with Gasteiger partial charge in [0.2, 0.25) is 0 Å². The normalized spacial score (nSPS) is 17.5. The number of aldehydes is 1. The van der Waals surface area contributed by atoms with Crippen molar-refractivity contribution >= 4 is 23.1 Å². The Morgan fingerprint density at radius 3 is 2.64 bits per heavy atom. The molecule has 6 heteroatoms. The van der Waals surface area contributed by atoms with E-state index in [-0.39, 0.29) is 6.04 Å². The van der Waals surface area contributed by atoms with Crippen molar-refractivity contribution in [3.05, 3.63) is 46.9 Å². The maximum atomic E-state index is 11.7. The zero-order chi connectivity index (χ0) is 19.8. The minimum Gasteiger partial charge on any atom is -0.318 e. The van der Waals surface area contributed by atoms with Crippen molar-refractivity contribution in [3.63, 3.8) is 0 Å². The summed E-state index contributed by atoms with van der Waals surface area (Å²) in [7, 11) is 4.34. The molecule has 0 N–H and O–H groups in total. The van der Waals surface area contributed by atoms with E-state index >= 15 is 0 Å². The molecule has 0 bridgehead atoms. The maximum Gasteiger partial charge on any atom is 0.150 e. The van der Waals surface area contributed by atoms with Gasteiger partial charge in [0.15, 0.2) is 0 Å². The fraction of sp³-hybridized carbons (Fsp3) is 0.455. The molecule has 1 unspecified atom stereocenters. The molecule has 1 atom stereocenters. The lowest BCUT2D eigenvalue weighted by Crippen LogP contribution is -2.43. The molecule has 0 amide bonds. The Morgan fingerprint density at radius 1 is 1.29 bits per heavy atom. The van der Waals surface area contributed by atoms with Crippen LogP contribution in [0.3, 0.4) is 0 Å². The van der Waals surface area contributed by atoms with Crippen LogP contribution in [0.1, 0.15) is 47.4 Å². The van der Waals surface area contributed by atoms with E-state index in [0.717, 1.165) is 46.5 Å². The van der Waals surface area contributed by atoms with Gasteiger partial charge in [0, 0.05) is 59.9 Å². The molecule has 0 aromatic carbocycles. The molecular formula is C22H28N4OS. The second kappa shape index (κ2) is 7.78. The van der Waals surface area contributed by atoms with Crippen molar-refractivity contribution in [2.24, 2.45) is 0 Å². The first-order chi connectivity index (χ1) is 13.5. The topological polar surface area (TPSA) is 40.9 Å². The summed E-state index contributed by atoms with van der Waals surface area (Å²) in [4.78, 5) is 22.0. The number of nitrogens with zero attached hydrogens (tertiary/aromatic N) is 4. The van der Waals surface area contributed by atoms with Gasteiger partial charge in [0.05, 0.1) is 10.4 Å². The van der Waals surface area contributed by atoms with Crippen LogP contribution in [0, 0.1) is 6.92 Å². The molecule has 3 aromatic rings. The molecular weight excluding hydrogens is 368 g/mol. The number of carbonyl (C=O) groups excluding carboxylic acids is 1. The molecule has 0 radical (unpaired) electrons. The summed E-state index contributed by atoms with van der Waals surface area (Å²) < 4.78 is 2.28. The highest BCUT2D eigenvalue weighted by Crippen LogP contribution is 2.33. The molecule has 4 rings (SSSR count). The Kier molecular flexibility index (Phi) is 5.36. The second-order valence-corrected chi connectivity index (χ2v) is 8.91. The fourth-order valence-corrected chi connectivity index (χ4v) is 5.09. The molecule has 5 nitrogen and oxygen atoms in total. The van der Waals surface area contributed by atoms with E-state index in [0.29, 0.717) is 6.04 Å². The van der Waals surface area contributed by atoms with Gasteiger partial charge in [-0.15, -0.1) is 11.3 Å². The van der Waals surface area contributed by atoms with Crippen molar-refractivity contribution in [1.29, 1.82) is 0 Å². The van der Waals surface area contributed by atoms with Crippen LogP contribution in [0.4, 0.5) is 0 Å². The molecule has 3 aromatic heterocycles. The summed E-state index contributed by atoms with van der Waals surface area (Å²) in [6.07, 6.45) is 7.46. The van der Waals surface area contributed by atoms with E-state index in [2.05, 4.69) is 59.4 Å². The number of fused-ring (bicyclic) bond motifs is 1. The van der Waals surface area contributed by atoms with Gasteiger partial charge in [-0.2, -0.15) is 0 Å². The Hall–Kier alpha value is -2.02. The first-order valence-corrected chi connectivity index (χ1v) is 10.8. The summed E-state index contributed by atoms with van der Waals surface area (Å²) in [6, 6.07) is 5.08. The van der Waals surface area contributed by atoms with E-state index in [9.17, 15) is 4.79 Å². The van der Waals surface area contributed by atoms with Crippen molar-refractivity contribution < 1.29 is 4.79 Å². The highest BCUT2D eigenvalue weighted by atomic mass is 32.1. The van der Waals surface area contributed by atoms with Crippen molar-refractivity contribution in [2.45, 2.75) is 38.8 Å². The number of hydrogen-bond acceptors (Lipinski definition) is 5. The maximum absolute atomic E-state index is 11.7. The summed E-state index contributed by atoms with van der Waals surface area (Å²) in [5, 5.41) is 0. The summed E-state index contributed by atoms with van der Waals surface area (Å²) in [6.45, 7) is 6.52. The Balaban J connectivity index is 1.74. The number of carbonyl (C=O) groups is 1. The molecule has 28 heavy (non-hydrogen) atoms. The van der Waals surface area contributed by atoms with Gasteiger partial charge >= 0.3 is 0 Å². The van der Waals surface area contributed by atoms with Gasteiger partial charge in [-0.3, -0.25) is 14.7 Å². The average molecular weight is 397 g/mol. The van der Waals surface area contributed by atoms with Gasteiger partial charge in [0.1, 0.15) is 6.29 Å². The van der Waals surface area contributed by atoms with Gasteiger partial charge < -0.3 is 9.30 Å². The predicted molar refractivity (Wildman–Crippen MR) is 115 cm³/mol. The SMILES string of the molecule is Cc1c(C=O)cc2cc(-c3cncs3)cn2c1C(C)N1CCC(N(C)C)CC1. The van der Waals surface area contributed by atoms with Crippen LogP contribution in [0.5, 0.6) is 0 Å². The third-order valence-corrected chi connectivity index (χ3v) is 7.07. The smallest absolute Gasteiger partial charge is 0.150 e. The van der Waals surface area contributed by atoms with E-state index in [4.69, 9.17) is 0 Å². The molecule has 1 aliphatic rings. The van der Waals surface area contributed by atoms with Crippen molar-refractivity contribution in [3.8, 4) is 10.4 Å². The zero-order valence-corrected chi connectivity index (χ0v) is 17.9. The number of aromatic nitrogens is 2. The monoisotopic (exact) mass is 396 g/mol. The molecule has 0 saturated carbocycles. The highest BCUT2D eigenvalue weighted by Gasteiger charge is 2.27. The van der Waals surface area contributed by atoms with Crippen LogP contribution in [0.25, 0.3) is 16.0 Å². The highest BCUT2D eigenvalue weighted by molar-refractivity contribution is 7.13. The van der Waals surface area contributed by atoms with E-state index in [1.54, 1.807) is 11.3 Å². The minimum absolute atomic E-state index is 0.257. The molecule has 1 aliphatic heterocycles. The van der Waals surface area contributed by atoms with Crippen LogP contribution in [0.15, 0.2) is 30.0 Å². The third-order valence-electron chi connectivity index (χ3n) is 6.25. The largest absolute Gasteiger partial charge is 0.318 e. The molecule has 1 fully saturated rings. The van der Waals surface area contributed by atoms with E-state index in [1.807, 2.05) is 17.8 Å². The quantitative estimate of drug-likeness (QED) is 0.604. The number of thiazole rings is 1.